The molecule has 2 aromatic heterocycles. The van der Waals surface area contributed by atoms with E-state index in [-0.39, 0.29) is 17.5 Å². The van der Waals surface area contributed by atoms with E-state index in [9.17, 15) is 13.6 Å². The van der Waals surface area contributed by atoms with Gasteiger partial charge in [-0.05, 0) is 12.5 Å². The molecular weight excluding hydrogens is 410 g/mol. The summed E-state index contributed by atoms with van der Waals surface area (Å²) in [4.78, 5) is 19.0. The van der Waals surface area contributed by atoms with Crippen LogP contribution in [-0.4, -0.2) is 40.1 Å². The topological polar surface area (TPSA) is 71.3 Å². The molecule has 1 amide bonds. The molecule has 2 aromatic carbocycles. The van der Waals surface area contributed by atoms with Gasteiger partial charge in [-0.25, -0.2) is 13.8 Å². The maximum absolute atomic E-state index is 13.9. The lowest BCUT2D eigenvalue weighted by atomic mass is 10.1. The Morgan fingerprint density at radius 3 is 2.90 bits per heavy atom. The number of nitrogens with one attached hydrogen (secondary N) is 1. The van der Waals surface area contributed by atoms with Gasteiger partial charge in [0.15, 0.2) is 16.7 Å². The molecule has 4 aromatic rings. The number of fused-ring (bicyclic) bond motifs is 1. The summed E-state index contributed by atoms with van der Waals surface area (Å²) >= 11 is 1.19. The van der Waals surface area contributed by atoms with Crippen LogP contribution in [0.2, 0.25) is 0 Å². The van der Waals surface area contributed by atoms with Gasteiger partial charge in [-0.3, -0.25) is 4.79 Å². The van der Waals surface area contributed by atoms with Crippen molar-refractivity contribution < 1.29 is 18.1 Å². The minimum atomic E-state index is -0.682. The van der Waals surface area contributed by atoms with Crippen LogP contribution in [0.4, 0.5) is 13.9 Å². The second kappa shape index (κ2) is 7.49. The summed E-state index contributed by atoms with van der Waals surface area (Å²) in [6, 6.07) is 11.4. The molecule has 1 aliphatic rings. The van der Waals surface area contributed by atoms with E-state index in [4.69, 9.17) is 4.52 Å². The van der Waals surface area contributed by atoms with Crippen molar-refractivity contribution in [2.24, 2.45) is 0 Å². The summed E-state index contributed by atoms with van der Waals surface area (Å²) in [5.74, 6) is -1.02. The molecule has 1 atom stereocenters. The van der Waals surface area contributed by atoms with E-state index >= 15 is 0 Å². The fraction of sp³-hybridized carbons (Fsp3) is 0.190. The van der Waals surface area contributed by atoms with Crippen molar-refractivity contribution in [2.45, 2.75) is 12.5 Å². The van der Waals surface area contributed by atoms with Crippen molar-refractivity contribution in [2.75, 3.05) is 18.4 Å². The zero-order chi connectivity index (χ0) is 20.7. The first-order valence-electron chi connectivity index (χ1n) is 9.40. The van der Waals surface area contributed by atoms with E-state index in [0.717, 1.165) is 11.6 Å². The van der Waals surface area contributed by atoms with Crippen molar-refractivity contribution in [3.8, 4) is 11.3 Å². The third-order valence-corrected chi connectivity index (χ3v) is 5.99. The standard InChI is InChI=1S/C21H16F2N4O2S/c22-13-8-16(23)18-17(9-13)30-21(26-18)25-14-6-7-27(11-14)20(28)15-10-24-29-19(15)12-4-2-1-3-5-12/h1-5,8-10,14H,6-7,11H2,(H,25,26). The van der Waals surface area contributed by atoms with Crippen LogP contribution in [0.3, 0.4) is 0 Å². The molecule has 0 saturated carbocycles. The fourth-order valence-corrected chi connectivity index (χ4v) is 4.60. The molecule has 1 fully saturated rings. The average Bonchev–Trinajstić information content (AvgIpc) is 3.47. The van der Waals surface area contributed by atoms with Gasteiger partial charge in [-0.2, -0.15) is 0 Å². The summed E-state index contributed by atoms with van der Waals surface area (Å²) in [7, 11) is 0. The fourth-order valence-electron chi connectivity index (χ4n) is 3.62. The van der Waals surface area contributed by atoms with Crippen molar-refractivity contribution in [3.05, 3.63) is 65.9 Å². The Morgan fingerprint density at radius 2 is 2.07 bits per heavy atom. The van der Waals surface area contributed by atoms with Crippen molar-refractivity contribution in [1.82, 2.24) is 15.0 Å². The number of anilines is 1. The number of amides is 1. The predicted molar refractivity (Wildman–Crippen MR) is 109 cm³/mol. The quantitative estimate of drug-likeness (QED) is 0.518. The van der Waals surface area contributed by atoms with Crippen LogP contribution < -0.4 is 5.32 Å². The Kier molecular flexibility index (Phi) is 4.66. The molecule has 30 heavy (non-hydrogen) atoms. The first-order valence-corrected chi connectivity index (χ1v) is 10.2. The third-order valence-electron chi connectivity index (χ3n) is 5.05. The predicted octanol–water partition coefficient (Wildman–Crippen LogP) is 4.56. The van der Waals surface area contributed by atoms with E-state index in [2.05, 4.69) is 15.5 Å². The van der Waals surface area contributed by atoms with Gasteiger partial charge in [0.2, 0.25) is 0 Å². The van der Waals surface area contributed by atoms with Gasteiger partial charge >= 0.3 is 0 Å². The van der Waals surface area contributed by atoms with Gasteiger partial charge in [0.25, 0.3) is 5.91 Å². The summed E-state index contributed by atoms with van der Waals surface area (Å²) in [5, 5.41) is 7.55. The summed E-state index contributed by atoms with van der Waals surface area (Å²) in [6.07, 6.45) is 2.15. The van der Waals surface area contributed by atoms with E-state index in [1.165, 1.54) is 23.6 Å². The van der Waals surface area contributed by atoms with Crippen LogP contribution >= 0.6 is 11.3 Å². The molecule has 1 N–H and O–H groups in total. The molecule has 6 nitrogen and oxygen atoms in total. The van der Waals surface area contributed by atoms with Gasteiger partial charge in [0.05, 0.1) is 10.9 Å². The molecular formula is C21H16F2N4O2S. The van der Waals surface area contributed by atoms with E-state index in [1.54, 1.807) is 4.90 Å². The number of hydrogen-bond donors (Lipinski definition) is 1. The van der Waals surface area contributed by atoms with Crippen molar-refractivity contribution >= 4 is 32.6 Å². The van der Waals surface area contributed by atoms with E-state index in [1.807, 2.05) is 30.3 Å². The van der Waals surface area contributed by atoms with Crippen LogP contribution in [0.15, 0.2) is 53.2 Å². The highest BCUT2D eigenvalue weighted by Gasteiger charge is 2.30. The van der Waals surface area contributed by atoms with E-state index in [0.29, 0.717) is 40.7 Å². The monoisotopic (exact) mass is 426 g/mol. The molecule has 1 aliphatic heterocycles. The number of benzene rings is 2. The number of rotatable bonds is 4. The number of carbonyl (C=O) groups is 1. The number of likely N-dealkylation sites (tertiary alicyclic amines) is 1. The van der Waals surface area contributed by atoms with Crippen molar-refractivity contribution in [1.29, 1.82) is 0 Å². The SMILES string of the molecule is O=C(c1cnoc1-c1ccccc1)N1CCC(Nc2nc3c(F)cc(F)cc3s2)C1. The number of thiazole rings is 1. The van der Waals surface area contributed by atoms with Crippen LogP contribution in [0, 0.1) is 11.6 Å². The lowest BCUT2D eigenvalue weighted by Gasteiger charge is -2.16. The third kappa shape index (κ3) is 3.41. The maximum Gasteiger partial charge on any atom is 0.259 e. The van der Waals surface area contributed by atoms with E-state index < -0.39 is 11.6 Å². The van der Waals surface area contributed by atoms with Gasteiger partial charge in [-0.1, -0.05) is 46.8 Å². The first-order chi connectivity index (χ1) is 14.6. The zero-order valence-electron chi connectivity index (χ0n) is 15.6. The highest BCUT2D eigenvalue weighted by atomic mass is 32.1. The minimum absolute atomic E-state index is 0.0394. The average molecular weight is 426 g/mol. The zero-order valence-corrected chi connectivity index (χ0v) is 16.5. The Balaban J connectivity index is 1.30. The summed E-state index contributed by atoms with van der Waals surface area (Å²) < 4.78 is 33.1. The molecule has 0 radical (unpaired) electrons. The maximum atomic E-state index is 13.9. The Bertz CT molecular complexity index is 1220. The van der Waals surface area contributed by atoms with Gasteiger partial charge in [-0.15, -0.1) is 0 Å². The molecule has 152 valence electrons. The molecule has 9 heteroatoms. The Hall–Kier alpha value is -3.33. The molecule has 0 bridgehead atoms. The molecule has 1 unspecified atom stereocenters. The smallest absolute Gasteiger partial charge is 0.259 e. The normalized spacial score (nSPS) is 16.3. The number of carbonyl (C=O) groups excluding carboxylic acids is 1. The molecule has 0 aliphatic carbocycles. The number of halogens is 2. The summed E-state index contributed by atoms with van der Waals surface area (Å²) in [5.41, 5.74) is 1.35. The summed E-state index contributed by atoms with van der Waals surface area (Å²) in [6.45, 7) is 1.02. The molecule has 5 rings (SSSR count). The van der Waals surface area contributed by atoms with Crippen molar-refractivity contribution in [3.63, 3.8) is 0 Å². The number of nitrogens with zero attached hydrogens (tertiary/aromatic N) is 3. The molecule has 1 saturated heterocycles. The minimum Gasteiger partial charge on any atom is -0.357 e. The highest BCUT2D eigenvalue weighted by molar-refractivity contribution is 7.22. The largest absolute Gasteiger partial charge is 0.357 e. The second-order valence-electron chi connectivity index (χ2n) is 7.07. The Morgan fingerprint density at radius 1 is 1.23 bits per heavy atom. The Labute approximate surface area is 174 Å². The number of aromatic nitrogens is 2. The lowest BCUT2D eigenvalue weighted by Crippen LogP contribution is -2.31. The molecule has 3 heterocycles. The van der Waals surface area contributed by atoms with Crippen LogP contribution in [-0.2, 0) is 0 Å². The number of hydrogen-bond acceptors (Lipinski definition) is 6. The lowest BCUT2D eigenvalue weighted by molar-refractivity contribution is 0.0792. The molecule has 0 spiro atoms. The first kappa shape index (κ1) is 18.7. The van der Waals surface area contributed by atoms with Crippen LogP contribution in [0.5, 0.6) is 0 Å². The van der Waals surface area contributed by atoms with Crippen LogP contribution in [0.25, 0.3) is 21.5 Å². The highest BCUT2D eigenvalue weighted by Crippen LogP contribution is 2.31. The van der Waals surface area contributed by atoms with Gasteiger partial charge < -0.3 is 14.7 Å². The van der Waals surface area contributed by atoms with Gasteiger partial charge in [0, 0.05) is 30.8 Å². The van der Waals surface area contributed by atoms with Gasteiger partial charge in [0.1, 0.15) is 16.9 Å². The second-order valence-corrected chi connectivity index (χ2v) is 8.10. The van der Waals surface area contributed by atoms with Crippen LogP contribution in [0.1, 0.15) is 16.8 Å².